The van der Waals surface area contributed by atoms with Gasteiger partial charge in [0.05, 0.1) is 0 Å². The van der Waals surface area contributed by atoms with Crippen molar-refractivity contribution >= 4 is 76.2 Å². The van der Waals surface area contributed by atoms with Crippen LogP contribution in [0.3, 0.4) is 0 Å². The van der Waals surface area contributed by atoms with E-state index >= 15 is 0 Å². The van der Waals surface area contributed by atoms with Gasteiger partial charge in [0, 0.05) is 32.7 Å². The van der Waals surface area contributed by atoms with Crippen LogP contribution in [0, 0.1) is 0 Å². The van der Waals surface area contributed by atoms with Crippen LogP contribution in [0.15, 0.2) is 203 Å². The Morgan fingerprint density at radius 3 is 1.07 bits per heavy atom. The van der Waals surface area contributed by atoms with E-state index in [9.17, 15) is 0 Å². The van der Waals surface area contributed by atoms with Gasteiger partial charge in [-0.3, -0.25) is 0 Å². The lowest BCUT2D eigenvalue weighted by Gasteiger charge is -2.21. The molecule has 0 aliphatic carbocycles. The van der Waals surface area contributed by atoms with Crippen molar-refractivity contribution in [3.05, 3.63) is 194 Å². The fourth-order valence-corrected chi connectivity index (χ4v) is 9.32. The zero-order valence-electron chi connectivity index (χ0n) is 30.3. The number of fused-ring (bicyclic) bond motifs is 9. The first-order valence-electron chi connectivity index (χ1n) is 19.2. The lowest BCUT2D eigenvalue weighted by Crippen LogP contribution is -1.94. The molecule has 0 N–H and O–H groups in total. The molecule has 0 aliphatic rings. The minimum Gasteiger partial charge on any atom is -0.455 e. The van der Waals surface area contributed by atoms with Gasteiger partial charge < -0.3 is 8.83 Å². The summed E-state index contributed by atoms with van der Waals surface area (Å²) < 4.78 is 13.1. The summed E-state index contributed by atoms with van der Waals surface area (Å²) >= 11 is 0. The van der Waals surface area contributed by atoms with Crippen LogP contribution in [0.4, 0.5) is 0 Å². The van der Waals surface area contributed by atoms with Crippen LogP contribution >= 0.6 is 0 Å². The predicted octanol–water partition coefficient (Wildman–Crippen LogP) is 15.6. The van der Waals surface area contributed by atoms with Crippen LogP contribution in [-0.4, -0.2) is 0 Å². The molecule has 0 fully saturated rings. The second-order valence-corrected chi connectivity index (χ2v) is 14.7. The Morgan fingerprint density at radius 2 is 0.536 bits per heavy atom. The Labute approximate surface area is 322 Å². The molecule has 0 aliphatic heterocycles. The second kappa shape index (κ2) is 12.0. The number of hydrogen-bond donors (Lipinski definition) is 0. The topological polar surface area (TPSA) is 26.3 Å². The number of hydrogen-bond acceptors (Lipinski definition) is 2. The van der Waals surface area contributed by atoms with E-state index in [0.717, 1.165) is 66.1 Å². The SMILES string of the molecule is c1ccc(-c2cccc3c2oc2ccccc23)c(-c2c3ccccc3c(-c3ccc(-c4cccc5c4oc4ccccc45)c4ccccc34)c3ccccc23)c1. The second-order valence-electron chi connectivity index (χ2n) is 14.7. The van der Waals surface area contributed by atoms with Crippen molar-refractivity contribution in [2.75, 3.05) is 0 Å². The summed E-state index contributed by atoms with van der Waals surface area (Å²) in [5, 5.41) is 11.8. The average molecular weight is 713 g/mol. The quantitative estimate of drug-likeness (QED) is 0.170. The van der Waals surface area contributed by atoms with Gasteiger partial charge in [0.1, 0.15) is 22.3 Å². The van der Waals surface area contributed by atoms with Gasteiger partial charge in [0.25, 0.3) is 0 Å². The van der Waals surface area contributed by atoms with Gasteiger partial charge in [-0.2, -0.15) is 0 Å². The van der Waals surface area contributed by atoms with Gasteiger partial charge in [-0.05, 0) is 77.8 Å². The molecule has 0 unspecified atom stereocenters. The molecule has 0 atom stereocenters. The molecule has 260 valence electrons. The third-order valence-corrected chi connectivity index (χ3v) is 11.7. The zero-order chi connectivity index (χ0) is 36.7. The highest BCUT2D eigenvalue weighted by molar-refractivity contribution is 6.25. The van der Waals surface area contributed by atoms with E-state index in [1.54, 1.807) is 0 Å². The Balaban J connectivity index is 1.13. The molecule has 0 spiro atoms. The van der Waals surface area contributed by atoms with Crippen LogP contribution in [0.25, 0.3) is 121 Å². The van der Waals surface area contributed by atoms with E-state index in [1.807, 2.05) is 12.1 Å². The Bertz CT molecular complexity index is 3490. The molecule has 2 aromatic heterocycles. The zero-order valence-corrected chi connectivity index (χ0v) is 30.3. The smallest absolute Gasteiger partial charge is 0.143 e. The van der Waals surface area contributed by atoms with Crippen molar-refractivity contribution in [3.8, 4) is 44.5 Å². The van der Waals surface area contributed by atoms with Gasteiger partial charge in [-0.25, -0.2) is 0 Å². The fraction of sp³-hybridized carbons (Fsp3) is 0. The summed E-state index contributed by atoms with van der Waals surface area (Å²) in [6.07, 6.45) is 0. The maximum atomic E-state index is 6.60. The van der Waals surface area contributed by atoms with E-state index in [2.05, 4.69) is 182 Å². The normalized spacial score (nSPS) is 11.9. The fourth-order valence-electron chi connectivity index (χ4n) is 9.32. The molecule has 56 heavy (non-hydrogen) atoms. The molecular weight excluding hydrogens is 681 g/mol. The van der Waals surface area contributed by atoms with E-state index in [0.29, 0.717) is 0 Å². The predicted molar refractivity (Wildman–Crippen MR) is 235 cm³/mol. The number of rotatable bonds is 4. The summed E-state index contributed by atoms with van der Waals surface area (Å²) in [5.74, 6) is 0. The maximum Gasteiger partial charge on any atom is 0.143 e. The summed E-state index contributed by atoms with van der Waals surface area (Å²) in [5.41, 5.74) is 13.0. The molecule has 0 saturated heterocycles. The van der Waals surface area contributed by atoms with Gasteiger partial charge in [-0.1, -0.05) is 182 Å². The van der Waals surface area contributed by atoms with Gasteiger partial charge in [0.2, 0.25) is 0 Å². The molecule has 0 bridgehead atoms. The Hall–Kier alpha value is -7.42. The summed E-state index contributed by atoms with van der Waals surface area (Å²) in [6, 6.07) is 69.7. The van der Waals surface area contributed by atoms with Crippen LogP contribution < -0.4 is 0 Å². The molecule has 0 amide bonds. The van der Waals surface area contributed by atoms with Crippen molar-refractivity contribution < 1.29 is 8.83 Å². The third-order valence-electron chi connectivity index (χ3n) is 11.7. The molecule has 12 aromatic rings. The van der Waals surface area contributed by atoms with Gasteiger partial charge in [-0.15, -0.1) is 0 Å². The number of para-hydroxylation sites is 4. The van der Waals surface area contributed by atoms with Crippen LogP contribution in [0.2, 0.25) is 0 Å². The van der Waals surface area contributed by atoms with E-state index in [4.69, 9.17) is 8.83 Å². The molecule has 2 heterocycles. The van der Waals surface area contributed by atoms with Gasteiger partial charge >= 0.3 is 0 Å². The highest BCUT2D eigenvalue weighted by atomic mass is 16.3. The monoisotopic (exact) mass is 712 g/mol. The lowest BCUT2D eigenvalue weighted by atomic mass is 9.82. The van der Waals surface area contributed by atoms with E-state index in [1.165, 1.54) is 54.6 Å². The van der Waals surface area contributed by atoms with Crippen molar-refractivity contribution in [1.82, 2.24) is 0 Å². The molecular formula is C54H32O2. The van der Waals surface area contributed by atoms with Crippen molar-refractivity contribution in [2.24, 2.45) is 0 Å². The van der Waals surface area contributed by atoms with Crippen molar-refractivity contribution in [2.45, 2.75) is 0 Å². The molecule has 2 nitrogen and oxygen atoms in total. The summed E-state index contributed by atoms with van der Waals surface area (Å²) in [6.45, 7) is 0. The highest BCUT2D eigenvalue weighted by Crippen LogP contribution is 2.49. The Morgan fingerprint density at radius 1 is 0.196 bits per heavy atom. The molecule has 0 saturated carbocycles. The van der Waals surface area contributed by atoms with Crippen molar-refractivity contribution in [3.63, 3.8) is 0 Å². The van der Waals surface area contributed by atoms with E-state index in [-0.39, 0.29) is 0 Å². The first-order valence-corrected chi connectivity index (χ1v) is 19.2. The summed E-state index contributed by atoms with van der Waals surface area (Å²) in [4.78, 5) is 0. The molecule has 2 heteroatoms. The first kappa shape index (κ1) is 31.0. The van der Waals surface area contributed by atoms with Crippen LogP contribution in [0.1, 0.15) is 0 Å². The Kier molecular flexibility index (Phi) is 6.66. The van der Waals surface area contributed by atoms with Crippen molar-refractivity contribution in [1.29, 1.82) is 0 Å². The largest absolute Gasteiger partial charge is 0.455 e. The standard InChI is InChI=1S/C54H32O2/c1-2-16-34-33(15-1)36(46-26-14-28-48-38-19-10-12-30-50(38)56-54(46)48)31-32-44(34)52-42-23-7-5-21-40(42)51(41-22-6-8-24-43(41)52)39-20-4-3-17-35(39)45-25-13-27-47-37-18-9-11-29-49(37)55-53(45)47/h1-32H. The molecule has 0 radical (unpaired) electrons. The minimum atomic E-state index is 0.903. The van der Waals surface area contributed by atoms with Crippen LogP contribution in [0.5, 0.6) is 0 Å². The first-order chi connectivity index (χ1) is 27.8. The highest BCUT2D eigenvalue weighted by Gasteiger charge is 2.22. The minimum absolute atomic E-state index is 0.903. The van der Waals surface area contributed by atoms with Crippen LogP contribution in [-0.2, 0) is 0 Å². The number of benzene rings is 10. The maximum absolute atomic E-state index is 6.60. The van der Waals surface area contributed by atoms with Gasteiger partial charge in [0.15, 0.2) is 0 Å². The average Bonchev–Trinajstić information content (AvgIpc) is 3.84. The number of furan rings is 2. The third kappa shape index (κ3) is 4.44. The van der Waals surface area contributed by atoms with E-state index < -0.39 is 0 Å². The molecule has 12 rings (SSSR count). The summed E-state index contributed by atoms with van der Waals surface area (Å²) in [7, 11) is 0. The lowest BCUT2D eigenvalue weighted by molar-refractivity contribution is 0.669. The molecule has 10 aromatic carbocycles.